The Morgan fingerprint density at radius 1 is 1.31 bits per heavy atom. The first-order valence-electron chi connectivity index (χ1n) is 11.0. The van der Waals surface area contributed by atoms with Crippen LogP contribution in [0.2, 0.25) is 0 Å². The Morgan fingerprint density at radius 2 is 2.08 bits per heavy atom. The molecule has 2 atom stereocenters. The molecule has 39 heavy (non-hydrogen) atoms. The fourth-order valence-electron chi connectivity index (χ4n) is 4.27. The summed E-state index contributed by atoms with van der Waals surface area (Å²) >= 11 is 2.43. The van der Waals surface area contributed by atoms with Crippen LogP contribution < -0.4 is 15.5 Å². The summed E-state index contributed by atoms with van der Waals surface area (Å²) in [6, 6.07) is 2.11. The van der Waals surface area contributed by atoms with Gasteiger partial charge in [-0.2, -0.15) is 0 Å². The van der Waals surface area contributed by atoms with Crippen LogP contribution in [0.25, 0.3) is 5.65 Å². The first-order chi connectivity index (χ1) is 18.2. The summed E-state index contributed by atoms with van der Waals surface area (Å²) in [5.41, 5.74) is 6.78. The topological polar surface area (TPSA) is 194 Å². The summed E-state index contributed by atoms with van der Waals surface area (Å²) in [5.74, 6) is -3.31. The average Bonchev–Trinajstić information content (AvgIpc) is 3.50. The number of aromatic carboxylic acids is 1. The molecule has 0 aromatic carbocycles. The molecular formula is C22H21N7NaO7S2+. The number of hydrogen-bond donors (Lipinski definition) is 4. The fraction of sp³-hybridized carbons (Fsp3) is 0.227. The Bertz CT molecular complexity index is 1570. The summed E-state index contributed by atoms with van der Waals surface area (Å²) in [6.07, 6.45) is 4.82. The van der Waals surface area contributed by atoms with Crippen molar-refractivity contribution in [3.63, 3.8) is 0 Å². The van der Waals surface area contributed by atoms with Crippen molar-refractivity contribution in [3.05, 3.63) is 58.6 Å². The standard InChI is InChI=1S/C22H19N7O7S2.Na.H/c1-36-26-14(12-9-38-22(23)24-12)17(30)25-15-18(31)29-16(21(34)35)11(8-37-19(15)29)7-28-5-4-27-6-10(20(32)33)2-3-13(27)28;;/h2-6,9,15,19H,7-8H2,1H3,(H4-,23,24,25,30,32,33,34,35);;/p+1/b26-14-;;/t15-,19-;;/m1../s1. The molecule has 0 bridgehead atoms. The zero-order valence-corrected chi connectivity index (χ0v) is 21.2. The first kappa shape index (κ1) is 28.6. The third-order valence-corrected chi connectivity index (χ3v) is 7.98. The number of thioether (sulfide) groups is 1. The van der Waals surface area contributed by atoms with Crippen molar-refractivity contribution in [2.45, 2.75) is 18.0 Å². The van der Waals surface area contributed by atoms with Gasteiger partial charge in [0.2, 0.25) is 0 Å². The number of aromatic nitrogens is 3. The van der Waals surface area contributed by atoms with Crippen LogP contribution in [0.5, 0.6) is 0 Å². The molecule has 0 saturated carbocycles. The zero-order valence-electron chi connectivity index (χ0n) is 19.6. The van der Waals surface area contributed by atoms with Crippen molar-refractivity contribution in [3.8, 4) is 0 Å². The van der Waals surface area contributed by atoms with Crippen molar-refractivity contribution in [2.75, 3.05) is 18.6 Å². The number of nitrogen functional groups attached to an aromatic ring is 1. The van der Waals surface area contributed by atoms with Crippen LogP contribution in [0, 0.1) is 0 Å². The van der Waals surface area contributed by atoms with E-state index in [1.165, 1.54) is 41.4 Å². The van der Waals surface area contributed by atoms with Crippen LogP contribution in [0.1, 0.15) is 16.1 Å². The first-order valence-corrected chi connectivity index (χ1v) is 12.9. The van der Waals surface area contributed by atoms with E-state index in [1.54, 1.807) is 27.4 Å². The number of pyridine rings is 1. The molecule has 14 nitrogen and oxygen atoms in total. The number of carboxylic acid groups (broad SMARTS) is 2. The number of oxime groups is 1. The van der Waals surface area contributed by atoms with Gasteiger partial charge >= 0.3 is 41.5 Å². The van der Waals surface area contributed by atoms with Crippen LogP contribution in [0.15, 0.2) is 52.5 Å². The Balaban J connectivity index is 0.00000353. The van der Waals surface area contributed by atoms with Gasteiger partial charge < -0.3 is 26.1 Å². The van der Waals surface area contributed by atoms with Crippen molar-refractivity contribution >= 4 is 92.9 Å². The molecule has 3 aromatic heterocycles. The molecule has 0 radical (unpaired) electrons. The molecule has 5 rings (SSSR count). The van der Waals surface area contributed by atoms with E-state index in [2.05, 4.69) is 15.5 Å². The second-order valence-electron chi connectivity index (χ2n) is 8.23. The van der Waals surface area contributed by atoms with Crippen LogP contribution in [0.4, 0.5) is 5.13 Å². The average molecular weight is 583 g/mol. The number of nitrogens with one attached hydrogen (secondary N) is 1. The number of rotatable bonds is 8. The number of amides is 2. The van der Waals surface area contributed by atoms with E-state index in [9.17, 15) is 29.4 Å². The van der Waals surface area contributed by atoms with Gasteiger partial charge in [-0.25, -0.2) is 23.5 Å². The number of anilines is 1. The summed E-state index contributed by atoms with van der Waals surface area (Å²) < 4.78 is 3.39. The van der Waals surface area contributed by atoms with Crippen molar-refractivity contribution < 1.29 is 38.6 Å². The summed E-state index contributed by atoms with van der Waals surface area (Å²) in [5, 5.41) is 26.6. The minimum absolute atomic E-state index is 0. The predicted molar refractivity (Wildman–Crippen MR) is 141 cm³/mol. The molecule has 1 fully saturated rings. The van der Waals surface area contributed by atoms with E-state index in [-0.39, 0.29) is 63.9 Å². The number of carbonyl (C=O) groups excluding carboxylic acids is 2. The number of nitrogens with two attached hydrogens (primary N) is 1. The quantitative estimate of drug-likeness (QED) is 0.0851. The van der Waals surface area contributed by atoms with Gasteiger partial charge in [-0.1, -0.05) is 5.16 Å². The molecule has 0 aliphatic carbocycles. The molecule has 2 aliphatic rings. The number of thiazole rings is 1. The third kappa shape index (κ3) is 5.25. The Labute approximate surface area is 250 Å². The summed E-state index contributed by atoms with van der Waals surface area (Å²) in [7, 11) is 1.26. The number of aliphatic carboxylic acids is 1. The SMILES string of the molecule is CO/N=C(\C(=O)N[C@@H]1C(=O)N2C(C(=O)O)=C(Cn3cc[n+]4cc(C(=O)O)ccc34)CS[C@H]12)c1csc(N)n1.[NaH]. The number of carbonyl (C=O) groups is 4. The van der Waals surface area contributed by atoms with Gasteiger partial charge in [0.25, 0.3) is 17.5 Å². The third-order valence-electron chi connectivity index (χ3n) is 5.96. The molecule has 3 aromatic rings. The number of carboxylic acids is 2. The maximum absolute atomic E-state index is 13.1. The maximum atomic E-state index is 13.1. The Kier molecular flexibility index (Phi) is 8.31. The minimum atomic E-state index is -1.26. The van der Waals surface area contributed by atoms with E-state index >= 15 is 0 Å². The van der Waals surface area contributed by atoms with Crippen LogP contribution in [0.3, 0.4) is 0 Å². The van der Waals surface area contributed by atoms with Crippen LogP contribution in [-0.2, 0) is 25.8 Å². The van der Waals surface area contributed by atoms with E-state index in [0.717, 1.165) is 11.3 Å². The van der Waals surface area contributed by atoms with E-state index in [0.29, 0.717) is 17.0 Å². The number of β-lactam (4-membered cyclic amide) rings is 1. The number of imidazole rings is 1. The zero-order chi connectivity index (χ0) is 27.1. The van der Waals surface area contributed by atoms with Crippen molar-refractivity contribution in [1.82, 2.24) is 19.8 Å². The van der Waals surface area contributed by atoms with Gasteiger partial charge in [-0.15, -0.1) is 23.1 Å². The van der Waals surface area contributed by atoms with Gasteiger partial charge in [-0.3, -0.25) is 14.5 Å². The Hall–Kier alpha value is -3.44. The van der Waals surface area contributed by atoms with E-state index in [4.69, 9.17) is 10.6 Å². The Morgan fingerprint density at radius 3 is 2.72 bits per heavy atom. The molecule has 2 aliphatic heterocycles. The van der Waals surface area contributed by atoms with Gasteiger partial charge in [0.05, 0.1) is 5.56 Å². The van der Waals surface area contributed by atoms with Gasteiger partial charge in [0, 0.05) is 22.8 Å². The second kappa shape index (κ2) is 11.4. The molecule has 5 N–H and O–H groups in total. The molecule has 1 saturated heterocycles. The van der Waals surface area contributed by atoms with Crippen LogP contribution in [-0.4, -0.2) is 108 Å². The van der Waals surface area contributed by atoms with E-state index < -0.39 is 35.2 Å². The van der Waals surface area contributed by atoms with Gasteiger partial charge in [0.15, 0.2) is 10.8 Å². The van der Waals surface area contributed by atoms with Gasteiger partial charge in [0.1, 0.15) is 55.1 Å². The summed E-state index contributed by atoms with van der Waals surface area (Å²) in [6.45, 7) is 0.168. The number of fused-ring (bicyclic) bond motifs is 2. The van der Waals surface area contributed by atoms with Crippen LogP contribution >= 0.6 is 23.1 Å². The molecular weight excluding hydrogens is 561 g/mol. The van der Waals surface area contributed by atoms with Gasteiger partial charge in [-0.05, 0) is 6.07 Å². The second-order valence-corrected chi connectivity index (χ2v) is 10.2. The molecule has 0 unspecified atom stereocenters. The molecule has 198 valence electrons. The van der Waals surface area contributed by atoms with E-state index in [1.807, 2.05) is 0 Å². The van der Waals surface area contributed by atoms with Crippen molar-refractivity contribution in [2.24, 2.45) is 5.16 Å². The molecule has 17 heteroatoms. The molecule has 0 spiro atoms. The molecule has 2 amide bonds. The fourth-order valence-corrected chi connectivity index (χ4v) is 6.16. The molecule has 5 heterocycles. The number of nitrogens with zero attached hydrogens (tertiary/aromatic N) is 5. The van der Waals surface area contributed by atoms with Crippen molar-refractivity contribution in [1.29, 1.82) is 0 Å². The monoisotopic (exact) mass is 582 g/mol. The summed E-state index contributed by atoms with van der Waals surface area (Å²) in [4.78, 5) is 59.4. The number of hydrogen-bond acceptors (Lipinski definition) is 10. The normalized spacial score (nSPS) is 18.7. The predicted octanol–water partition coefficient (Wildman–Crippen LogP) is -0.895.